The lowest BCUT2D eigenvalue weighted by Crippen LogP contribution is -2.14. The zero-order valence-electron chi connectivity index (χ0n) is 16.2. The number of rotatable bonds is 8. The van der Waals surface area contributed by atoms with Crippen molar-refractivity contribution in [3.63, 3.8) is 0 Å². The summed E-state index contributed by atoms with van der Waals surface area (Å²) in [6.45, 7) is 1.28. The van der Waals surface area contributed by atoms with E-state index in [1.54, 1.807) is 10.9 Å². The van der Waals surface area contributed by atoms with Crippen LogP contribution in [0.3, 0.4) is 0 Å². The van der Waals surface area contributed by atoms with Crippen LogP contribution in [-0.2, 0) is 4.79 Å². The molecule has 3 aromatic rings. The van der Waals surface area contributed by atoms with Gasteiger partial charge in [-0.15, -0.1) is 10.2 Å². The topological polar surface area (TPSA) is 69.0 Å². The maximum absolute atomic E-state index is 12.3. The monoisotopic (exact) mass is 452 g/mol. The molecule has 0 spiro atoms. The van der Waals surface area contributed by atoms with Crippen LogP contribution in [0.25, 0.3) is 5.69 Å². The van der Waals surface area contributed by atoms with Crippen molar-refractivity contribution in [2.45, 2.75) is 31.5 Å². The van der Waals surface area contributed by atoms with Crippen LogP contribution in [0.15, 0.2) is 53.9 Å². The highest BCUT2D eigenvalue weighted by Crippen LogP contribution is 2.29. The first-order chi connectivity index (χ1) is 14.3. The minimum absolute atomic E-state index is 0.0228. The number of hydrogen-bond acceptors (Lipinski definition) is 5. The maximum atomic E-state index is 12.3. The minimum atomic E-state index is -2.97. The number of benzene rings is 2. The first kappa shape index (κ1) is 22.0. The van der Waals surface area contributed by atoms with Crippen LogP contribution in [0.5, 0.6) is 5.75 Å². The van der Waals surface area contributed by atoms with Crippen LogP contribution in [0.1, 0.15) is 25.3 Å². The number of nitrogens with zero attached hydrogens (tertiary/aromatic N) is 3. The fourth-order valence-corrected chi connectivity index (χ4v) is 3.57. The second kappa shape index (κ2) is 9.90. The van der Waals surface area contributed by atoms with E-state index < -0.39 is 6.61 Å². The average molecular weight is 453 g/mol. The number of carbonyl (C=O) groups excluding carboxylic acids is 1. The van der Waals surface area contributed by atoms with E-state index in [0.29, 0.717) is 16.8 Å². The Bertz CT molecular complexity index is 1010. The molecule has 10 heteroatoms. The predicted octanol–water partition coefficient (Wildman–Crippen LogP) is 5.38. The van der Waals surface area contributed by atoms with Gasteiger partial charge >= 0.3 is 6.61 Å². The fraction of sp³-hybridized carbons (Fsp3) is 0.250. The summed E-state index contributed by atoms with van der Waals surface area (Å²) in [6.07, 6.45) is 1.59. The van der Waals surface area contributed by atoms with Crippen molar-refractivity contribution in [3.05, 3.63) is 59.4 Å². The first-order valence-electron chi connectivity index (χ1n) is 9.01. The summed E-state index contributed by atoms with van der Waals surface area (Å²) in [5.41, 5.74) is 2.50. The third-order valence-corrected chi connectivity index (χ3v) is 5.36. The van der Waals surface area contributed by atoms with Gasteiger partial charge in [-0.2, -0.15) is 8.78 Å². The lowest BCUT2D eigenvalue weighted by atomic mass is 10.0. The third kappa shape index (κ3) is 5.70. The number of amides is 1. The lowest BCUT2D eigenvalue weighted by molar-refractivity contribution is -0.113. The van der Waals surface area contributed by atoms with Crippen LogP contribution < -0.4 is 10.1 Å². The van der Waals surface area contributed by atoms with Crippen molar-refractivity contribution in [1.82, 2.24) is 14.8 Å². The van der Waals surface area contributed by atoms with Crippen LogP contribution in [0.4, 0.5) is 14.5 Å². The van der Waals surface area contributed by atoms with E-state index in [1.165, 1.54) is 35.5 Å². The Hall–Kier alpha value is -2.65. The van der Waals surface area contributed by atoms with Gasteiger partial charge in [-0.05, 0) is 41.8 Å². The lowest BCUT2D eigenvalue weighted by Gasteiger charge is -2.10. The Morgan fingerprint density at radius 2 is 1.97 bits per heavy atom. The Morgan fingerprint density at radius 1 is 1.23 bits per heavy atom. The number of alkyl halides is 2. The highest BCUT2D eigenvalue weighted by molar-refractivity contribution is 7.99. The number of anilines is 1. The molecule has 0 bridgehead atoms. The summed E-state index contributed by atoms with van der Waals surface area (Å²) in [5.74, 6) is 0.0521. The second-order valence-electron chi connectivity index (χ2n) is 6.59. The number of nitrogens with one attached hydrogen (secondary N) is 1. The minimum Gasteiger partial charge on any atom is -0.433 e. The molecule has 0 fully saturated rings. The van der Waals surface area contributed by atoms with Crippen molar-refractivity contribution in [1.29, 1.82) is 0 Å². The number of ether oxygens (including phenoxy) is 1. The van der Waals surface area contributed by atoms with Gasteiger partial charge in [0.05, 0.1) is 10.8 Å². The molecule has 1 heterocycles. The molecule has 1 amide bonds. The van der Waals surface area contributed by atoms with Gasteiger partial charge in [0.15, 0.2) is 5.16 Å². The van der Waals surface area contributed by atoms with Gasteiger partial charge in [0.25, 0.3) is 0 Å². The molecule has 2 aromatic carbocycles. The van der Waals surface area contributed by atoms with Crippen LogP contribution in [0.2, 0.25) is 5.02 Å². The summed E-state index contributed by atoms with van der Waals surface area (Å²) < 4.78 is 30.7. The third-order valence-electron chi connectivity index (χ3n) is 4.12. The summed E-state index contributed by atoms with van der Waals surface area (Å²) in [5, 5.41) is 11.2. The molecule has 30 heavy (non-hydrogen) atoms. The van der Waals surface area contributed by atoms with Crippen molar-refractivity contribution >= 4 is 35.0 Å². The maximum Gasteiger partial charge on any atom is 0.387 e. The zero-order chi connectivity index (χ0) is 21.7. The summed E-state index contributed by atoms with van der Waals surface area (Å²) in [6, 6.07) is 12.1. The van der Waals surface area contributed by atoms with E-state index in [0.717, 1.165) is 5.69 Å². The van der Waals surface area contributed by atoms with Gasteiger partial charge in [-0.25, -0.2) is 0 Å². The molecular weight excluding hydrogens is 434 g/mol. The molecule has 0 aliphatic heterocycles. The highest BCUT2D eigenvalue weighted by atomic mass is 35.5. The van der Waals surface area contributed by atoms with Crippen molar-refractivity contribution in [2.24, 2.45) is 0 Å². The standard InChI is InChI=1S/C20H19ClF2N4O2S/c1-12(2)13-3-6-15(7-4-13)27-11-24-26-20(27)30-10-18(28)25-14-5-8-17(16(21)9-14)29-19(22)23/h3-9,11-12,19H,10H2,1-2H3,(H,25,28). The quantitative estimate of drug-likeness (QED) is 0.465. The summed E-state index contributed by atoms with van der Waals surface area (Å²) in [4.78, 5) is 12.3. The fourth-order valence-electron chi connectivity index (χ4n) is 2.62. The number of hydrogen-bond donors (Lipinski definition) is 1. The number of carbonyl (C=O) groups is 1. The summed E-state index contributed by atoms with van der Waals surface area (Å²) >= 11 is 7.12. The van der Waals surface area contributed by atoms with Gasteiger partial charge < -0.3 is 10.1 Å². The van der Waals surface area contributed by atoms with E-state index in [1.807, 2.05) is 24.3 Å². The highest BCUT2D eigenvalue weighted by Gasteiger charge is 2.13. The normalized spacial score (nSPS) is 11.2. The molecule has 3 rings (SSSR count). The largest absolute Gasteiger partial charge is 0.433 e. The van der Waals surface area contributed by atoms with Gasteiger partial charge in [-0.3, -0.25) is 9.36 Å². The molecule has 1 aromatic heterocycles. The molecule has 1 N–H and O–H groups in total. The van der Waals surface area contributed by atoms with Crippen molar-refractivity contribution in [2.75, 3.05) is 11.1 Å². The SMILES string of the molecule is CC(C)c1ccc(-n2cnnc2SCC(=O)Nc2ccc(OC(F)F)c(Cl)c2)cc1. The van der Waals surface area contributed by atoms with E-state index in [4.69, 9.17) is 11.6 Å². The van der Waals surface area contributed by atoms with Crippen LogP contribution in [-0.4, -0.2) is 33.0 Å². The number of aromatic nitrogens is 3. The molecule has 0 saturated carbocycles. The van der Waals surface area contributed by atoms with E-state index >= 15 is 0 Å². The molecule has 0 saturated heterocycles. The van der Waals surface area contributed by atoms with Gasteiger partial charge in [0, 0.05) is 11.4 Å². The molecule has 158 valence electrons. The Balaban J connectivity index is 1.61. The van der Waals surface area contributed by atoms with Crippen LogP contribution >= 0.6 is 23.4 Å². The molecule has 0 aliphatic rings. The Morgan fingerprint density at radius 3 is 2.60 bits per heavy atom. The van der Waals surface area contributed by atoms with Gasteiger partial charge in [0.1, 0.15) is 12.1 Å². The van der Waals surface area contributed by atoms with E-state index in [9.17, 15) is 13.6 Å². The second-order valence-corrected chi connectivity index (χ2v) is 7.94. The van der Waals surface area contributed by atoms with Crippen LogP contribution in [0, 0.1) is 0 Å². The van der Waals surface area contributed by atoms with Gasteiger partial charge in [-0.1, -0.05) is 49.3 Å². The Labute approximate surface area is 181 Å². The molecular formula is C20H19ClF2N4O2S. The van der Waals surface area contributed by atoms with E-state index in [2.05, 4.69) is 34.1 Å². The molecule has 6 nitrogen and oxygen atoms in total. The summed E-state index contributed by atoms with van der Waals surface area (Å²) in [7, 11) is 0. The Kier molecular flexibility index (Phi) is 7.28. The average Bonchev–Trinajstić information content (AvgIpc) is 3.17. The molecule has 0 radical (unpaired) electrons. The van der Waals surface area contributed by atoms with E-state index in [-0.39, 0.29) is 22.4 Å². The first-order valence-corrected chi connectivity index (χ1v) is 10.4. The molecule has 0 atom stereocenters. The van der Waals surface area contributed by atoms with Crippen molar-refractivity contribution in [3.8, 4) is 11.4 Å². The molecule has 0 unspecified atom stereocenters. The molecule has 0 aliphatic carbocycles. The number of halogens is 3. The smallest absolute Gasteiger partial charge is 0.387 e. The van der Waals surface area contributed by atoms with Gasteiger partial charge in [0.2, 0.25) is 5.91 Å². The number of thioether (sulfide) groups is 1. The van der Waals surface area contributed by atoms with Crippen molar-refractivity contribution < 1.29 is 18.3 Å². The zero-order valence-corrected chi connectivity index (χ0v) is 17.8. The predicted molar refractivity (Wildman–Crippen MR) is 113 cm³/mol.